The third kappa shape index (κ3) is 2.96. The van der Waals surface area contributed by atoms with Crippen LogP contribution in [0.5, 0.6) is 6.01 Å². The van der Waals surface area contributed by atoms with Crippen LogP contribution < -0.4 is 0 Å². The van der Waals surface area contributed by atoms with Crippen LogP contribution in [0.25, 0.3) is 12.2 Å². The molecule has 86 valence electrons. The lowest BCUT2D eigenvalue weighted by Gasteiger charge is -2.00. The molecular weight excluding hydrogens is 259 g/mol. The fourth-order valence-corrected chi connectivity index (χ4v) is 1.82. The van der Waals surface area contributed by atoms with Gasteiger partial charge in [-0.1, -0.05) is 29.3 Å². The van der Waals surface area contributed by atoms with Crippen molar-refractivity contribution in [3.05, 3.63) is 51.8 Å². The highest BCUT2D eigenvalue weighted by molar-refractivity contribution is 6.37. The molecule has 1 heterocycles. The van der Waals surface area contributed by atoms with Gasteiger partial charge in [0.25, 0.3) is 0 Å². The molecule has 0 aliphatic rings. The van der Waals surface area contributed by atoms with Crippen LogP contribution in [0.2, 0.25) is 10.0 Å². The van der Waals surface area contributed by atoms with Gasteiger partial charge < -0.3 is 5.11 Å². The first-order valence-corrected chi connectivity index (χ1v) is 5.56. The third-order valence-electron chi connectivity index (χ3n) is 2.08. The summed E-state index contributed by atoms with van der Waals surface area (Å²) in [6.07, 6.45) is 4.91. The summed E-state index contributed by atoms with van der Waals surface area (Å²) in [7, 11) is 0. The van der Waals surface area contributed by atoms with Crippen LogP contribution in [0, 0.1) is 0 Å². The van der Waals surface area contributed by atoms with Crippen LogP contribution in [0.1, 0.15) is 11.3 Å². The highest BCUT2D eigenvalue weighted by Gasteiger charge is 2.01. The number of halogens is 2. The van der Waals surface area contributed by atoms with Gasteiger partial charge in [0.2, 0.25) is 0 Å². The van der Waals surface area contributed by atoms with Gasteiger partial charge >= 0.3 is 6.01 Å². The maximum absolute atomic E-state index is 9.11. The number of nitrogens with zero attached hydrogens (tertiary/aromatic N) is 2. The van der Waals surface area contributed by atoms with Crippen molar-refractivity contribution < 1.29 is 5.11 Å². The second-order valence-electron chi connectivity index (χ2n) is 3.25. The molecule has 0 saturated carbocycles. The Labute approximate surface area is 108 Å². The largest absolute Gasteiger partial charge is 0.479 e. The maximum Gasteiger partial charge on any atom is 0.314 e. The maximum atomic E-state index is 9.11. The fourth-order valence-electron chi connectivity index (χ4n) is 1.29. The zero-order valence-electron chi connectivity index (χ0n) is 8.64. The molecule has 0 amide bonds. The molecule has 1 aromatic carbocycles. The van der Waals surface area contributed by atoms with E-state index in [4.69, 9.17) is 28.3 Å². The lowest BCUT2D eigenvalue weighted by atomic mass is 10.2. The predicted molar refractivity (Wildman–Crippen MR) is 69.1 cm³/mol. The first kappa shape index (κ1) is 11.9. The van der Waals surface area contributed by atoms with Gasteiger partial charge in [0, 0.05) is 21.8 Å². The average molecular weight is 267 g/mol. The van der Waals surface area contributed by atoms with E-state index >= 15 is 0 Å². The molecule has 0 radical (unpaired) electrons. The van der Waals surface area contributed by atoms with Crippen LogP contribution >= 0.6 is 23.2 Å². The molecule has 17 heavy (non-hydrogen) atoms. The Kier molecular flexibility index (Phi) is 3.61. The van der Waals surface area contributed by atoms with Gasteiger partial charge in [-0.3, -0.25) is 0 Å². The van der Waals surface area contributed by atoms with Crippen LogP contribution in [-0.2, 0) is 0 Å². The molecule has 0 spiro atoms. The van der Waals surface area contributed by atoms with E-state index in [0.717, 1.165) is 0 Å². The summed E-state index contributed by atoms with van der Waals surface area (Å²) in [6.45, 7) is 0. The number of aromatic hydroxyl groups is 1. The highest BCUT2D eigenvalue weighted by Crippen LogP contribution is 2.26. The van der Waals surface area contributed by atoms with Crippen molar-refractivity contribution in [1.29, 1.82) is 0 Å². The van der Waals surface area contributed by atoms with Crippen LogP contribution in [0.3, 0.4) is 0 Å². The summed E-state index contributed by atoms with van der Waals surface area (Å²) < 4.78 is 0. The van der Waals surface area contributed by atoms with Crippen LogP contribution in [0.15, 0.2) is 30.5 Å². The molecule has 2 rings (SSSR count). The van der Waals surface area contributed by atoms with Gasteiger partial charge in [0.15, 0.2) is 0 Å². The standard InChI is InChI=1S/C12H8Cl2N2O/c13-10-2-1-3-11(14)9(10)5-4-8-6-7-15-12(17)16-8/h1-7H,(H,15,16,17)/b5-4+. The molecule has 3 nitrogen and oxygen atoms in total. The molecular formula is C12H8Cl2N2O. The molecule has 0 atom stereocenters. The number of hydrogen-bond acceptors (Lipinski definition) is 3. The Morgan fingerprint density at radius 1 is 1.06 bits per heavy atom. The lowest BCUT2D eigenvalue weighted by molar-refractivity contribution is 0.430. The number of aromatic nitrogens is 2. The van der Waals surface area contributed by atoms with E-state index in [1.807, 2.05) is 0 Å². The monoisotopic (exact) mass is 266 g/mol. The van der Waals surface area contributed by atoms with Gasteiger partial charge in [-0.25, -0.2) is 4.98 Å². The van der Waals surface area contributed by atoms with Crippen molar-refractivity contribution in [3.63, 3.8) is 0 Å². The van der Waals surface area contributed by atoms with Gasteiger partial charge in [-0.05, 0) is 30.4 Å². The molecule has 2 aromatic rings. The van der Waals surface area contributed by atoms with Gasteiger partial charge in [-0.15, -0.1) is 0 Å². The van der Waals surface area contributed by atoms with Crippen molar-refractivity contribution in [2.24, 2.45) is 0 Å². The molecule has 0 saturated heterocycles. The second kappa shape index (κ2) is 5.17. The number of hydrogen-bond donors (Lipinski definition) is 1. The van der Waals surface area contributed by atoms with E-state index in [2.05, 4.69) is 9.97 Å². The third-order valence-corrected chi connectivity index (χ3v) is 2.74. The second-order valence-corrected chi connectivity index (χ2v) is 4.06. The Balaban J connectivity index is 2.32. The minimum Gasteiger partial charge on any atom is -0.479 e. The van der Waals surface area contributed by atoms with Crippen molar-refractivity contribution in [1.82, 2.24) is 9.97 Å². The first-order valence-electron chi connectivity index (χ1n) is 4.81. The van der Waals surface area contributed by atoms with Crippen molar-refractivity contribution >= 4 is 35.4 Å². The zero-order valence-corrected chi connectivity index (χ0v) is 10.2. The Bertz CT molecular complexity index is 550. The minimum absolute atomic E-state index is 0.266. The normalized spacial score (nSPS) is 10.9. The minimum atomic E-state index is -0.266. The topological polar surface area (TPSA) is 46.0 Å². The van der Waals surface area contributed by atoms with Crippen LogP contribution in [-0.4, -0.2) is 15.1 Å². The molecule has 1 N–H and O–H groups in total. The van der Waals surface area contributed by atoms with Gasteiger partial charge in [0.05, 0.1) is 5.69 Å². The molecule has 0 aliphatic heterocycles. The Hall–Kier alpha value is -1.58. The van der Waals surface area contributed by atoms with E-state index in [1.54, 1.807) is 36.4 Å². The molecule has 1 aromatic heterocycles. The lowest BCUT2D eigenvalue weighted by Crippen LogP contribution is -1.83. The van der Waals surface area contributed by atoms with E-state index in [9.17, 15) is 0 Å². The molecule has 5 heteroatoms. The number of rotatable bonds is 2. The Morgan fingerprint density at radius 3 is 2.41 bits per heavy atom. The Morgan fingerprint density at radius 2 is 1.76 bits per heavy atom. The fraction of sp³-hybridized carbons (Fsp3) is 0. The summed E-state index contributed by atoms with van der Waals surface area (Å²) in [5.74, 6) is 0. The quantitative estimate of drug-likeness (QED) is 0.903. The average Bonchev–Trinajstić information content (AvgIpc) is 2.28. The SMILES string of the molecule is Oc1nccc(/C=C/c2c(Cl)cccc2Cl)n1. The predicted octanol–water partition coefficient (Wildman–Crippen LogP) is 3.66. The van der Waals surface area contributed by atoms with E-state index in [-0.39, 0.29) is 6.01 Å². The smallest absolute Gasteiger partial charge is 0.314 e. The van der Waals surface area contributed by atoms with E-state index < -0.39 is 0 Å². The highest BCUT2D eigenvalue weighted by atomic mass is 35.5. The summed E-state index contributed by atoms with van der Waals surface area (Å²) in [5.41, 5.74) is 1.29. The summed E-state index contributed by atoms with van der Waals surface area (Å²) in [4.78, 5) is 7.41. The first-order chi connectivity index (χ1) is 8.16. The summed E-state index contributed by atoms with van der Waals surface area (Å²) in [6, 6.07) is 6.69. The molecule has 0 unspecified atom stereocenters. The van der Waals surface area contributed by atoms with Crippen LogP contribution in [0.4, 0.5) is 0 Å². The summed E-state index contributed by atoms with van der Waals surface area (Å²) >= 11 is 12.0. The van der Waals surface area contributed by atoms with E-state index in [1.165, 1.54) is 6.20 Å². The van der Waals surface area contributed by atoms with E-state index in [0.29, 0.717) is 21.3 Å². The number of benzene rings is 1. The molecule has 0 fully saturated rings. The van der Waals surface area contributed by atoms with Gasteiger partial charge in [0.1, 0.15) is 0 Å². The van der Waals surface area contributed by atoms with Crippen molar-refractivity contribution in [2.75, 3.05) is 0 Å². The van der Waals surface area contributed by atoms with Crippen molar-refractivity contribution in [3.8, 4) is 6.01 Å². The molecule has 0 aliphatic carbocycles. The molecule has 0 bridgehead atoms. The van der Waals surface area contributed by atoms with Crippen molar-refractivity contribution in [2.45, 2.75) is 0 Å². The zero-order chi connectivity index (χ0) is 12.3. The summed E-state index contributed by atoms with van der Waals surface area (Å²) in [5, 5.41) is 10.2. The van der Waals surface area contributed by atoms with Gasteiger partial charge in [-0.2, -0.15) is 4.98 Å².